The Morgan fingerprint density at radius 1 is 1.55 bits per heavy atom. The van der Waals surface area contributed by atoms with E-state index in [1.165, 1.54) is 18.0 Å². The molecular formula is C11H12N6O2S. The van der Waals surface area contributed by atoms with E-state index in [1.807, 2.05) is 0 Å². The van der Waals surface area contributed by atoms with Crippen molar-refractivity contribution in [2.75, 3.05) is 0 Å². The third-order valence-electron chi connectivity index (χ3n) is 2.92. The maximum Gasteiger partial charge on any atom is 0.344 e. The van der Waals surface area contributed by atoms with Gasteiger partial charge in [-0.25, -0.2) is 14.9 Å². The van der Waals surface area contributed by atoms with E-state index < -0.39 is 0 Å². The van der Waals surface area contributed by atoms with Gasteiger partial charge in [0.2, 0.25) is 0 Å². The minimum atomic E-state index is -0.191. The number of nitrogens with two attached hydrogens (primary N) is 1. The van der Waals surface area contributed by atoms with Crippen molar-refractivity contribution < 1.29 is 5.21 Å². The molecule has 0 saturated heterocycles. The van der Waals surface area contributed by atoms with Gasteiger partial charge in [-0.15, -0.1) is 5.10 Å². The fraction of sp³-hybridized carbons (Fsp3) is 0.273. The summed E-state index contributed by atoms with van der Waals surface area (Å²) in [5.74, 6) is 0.00343. The molecule has 0 radical (unpaired) electrons. The molecule has 1 saturated carbocycles. The molecule has 2 heterocycles. The minimum absolute atomic E-state index is 0.00343. The summed E-state index contributed by atoms with van der Waals surface area (Å²) in [4.78, 5) is 15.8. The monoisotopic (exact) mass is 292 g/mol. The number of rotatable bonds is 4. The molecular weight excluding hydrogens is 280 g/mol. The van der Waals surface area contributed by atoms with Crippen LogP contribution in [0.4, 0.5) is 0 Å². The smallest absolute Gasteiger partial charge is 0.344 e. The fourth-order valence-electron chi connectivity index (χ4n) is 1.76. The second-order valence-electron chi connectivity index (χ2n) is 4.38. The molecule has 2 aromatic rings. The third-order valence-corrected chi connectivity index (χ3v) is 3.84. The van der Waals surface area contributed by atoms with Crippen LogP contribution < -0.4 is 11.4 Å². The molecule has 4 N–H and O–H groups in total. The molecule has 0 aliphatic heterocycles. The van der Waals surface area contributed by atoms with Crippen molar-refractivity contribution in [3.8, 4) is 0 Å². The molecule has 20 heavy (non-hydrogen) atoms. The maximum absolute atomic E-state index is 11.6. The van der Waals surface area contributed by atoms with Crippen LogP contribution in [0.5, 0.6) is 0 Å². The Balaban J connectivity index is 1.83. The summed E-state index contributed by atoms with van der Waals surface area (Å²) >= 11 is 1.30. The van der Waals surface area contributed by atoms with Gasteiger partial charge in [-0.1, -0.05) is 5.16 Å². The lowest BCUT2D eigenvalue weighted by Crippen LogP contribution is -2.16. The molecule has 104 valence electrons. The van der Waals surface area contributed by atoms with Crippen LogP contribution in [0.25, 0.3) is 0 Å². The van der Waals surface area contributed by atoms with E-state index >= 15 is 0 Å². The van der Waals surface area contributed by atoms with Crippen LogP contribution in [-0.2, 0) is 0 Å². The van der Waals surface area contributed by atoms with E-state index in [4.69, 9.17) is 10.9 Å². The van der Waals surface area contributed by atoms with E-state index in [-0.39, 0.29) is 17.6 Å². The van der Waals surface area contributed by atoms with Crippen molar-refractivity contribution in [1.29, 1.82) is 0 Å². The Morgan fingerprint density at radius 3 is 2.95 bits per heavy atom. The highest BCUT2D eigenvalue weighted by Crippen LogP contribution is 2.37. The number of aromatic amines is 1. The van der Waals surface area contributed by atoms with Crippen molar-refractivity contribution in [3.63, 3.8) is 0 Å². The fourth-order valence-corrected chi connectivity index (χ4v) is 2.61. The first kappa shape index (κ1) is 12.7. The van der Waals surface area contributed by atoms with Crippen LogP contribution in [0.1, 0.15) is 24.4 Å². The molecule has 1 fully saturated rings. The first-order chi connectivity index (χ1) is 9.69. The zero-order chi connectivity index (χ0) is 14.1. The zero-order valence-electron chi connectivity index (χ0n) is 10.4. The van der Waals surface area contributed by atoms with Crippen molar-refractivity contribution in [3.05, 3.63) is 34.4 Å². The predicted octanol–water partition coefficient (Wildman–Crippen LogP) is 0.547. The van der Waals surface area contributed by atoms with Gasteiger partial charge in [0.1, 0.15) is 5.03 Å². The highest BCUT2D eigenvalue weighted by Gasteiger charge is 2.28. The molecule has 1 aliphatic carbocycles. The summed E-state index contributed by atoms with van der Waals surface area (Å²) in [5.41, 5.74) is 5.80. The van der Waals surface area contributed by atoms with Gasteiger partial charge in [-0.2, -0.15) is 0 Å². The molecule has 0 spiro atoms. The van der Waals surface area contributed by atoms with Crippen molar-refractivity contribution in [1.82, 2.24) is 19.7 Å². The molecule has 0 amide bonds. The normalized spacial score (nSPS) is 15.5. The van der Waals surface area contributed by atoms with Gasteiger partial charge >= 0.3 is 5.69 Å². The largest absolute Gasteiger partial charge is 0.409 e. The molecule has 0 atom stereocenters. The lowest BCUT2D eigenvalue weighted by Gasteiger charge is -2.03. The van der Waals surface area contributed by atoms with Crippen LogP contribution in [-0.4, -0.2) is 30.8 Å². The van der Waals surface area contributed by atoms with Crippen molar-refractivity contribution >= 4 is 17.6 Å². The molecule has 0 unspecified atom stereocenters. The molecule has 9 heteroatoms. The summed E-state index contributed by atoms with van der Waals surface area (Å²) in [5, 5.41) is 19.2. The summed E-state index contributed by atoms with van der Waals surface area (Å²) in [7, 11) is 0. The lowest BCUT2D eigenvalue weighted by molar-refractivity contribution is 0.318. The molecule has 8 nitrogen and oxygen atoms in total. The number of H-pyrrole nitrogens is 1. The SMILES string of the molecule is NC(=NO)c1ccc(Sc2n[nH]c(=O)n2C2CC2)nc1. The molecule has 0 bridgehead atoms. The average Bonchev–Trinajstić information content (AvgIpc) is 3.24. The van der Waals surface area contributed by atoms with Gasteiger partial charge in [-0.3, -0.25) is 4.57 Å². The second-order valence-corrected chi connectivity index (χ2v) is 5.37. The highest BCUT2D eigenvalue weighted by molar-refractivity contribution is 7.99. The number of nitrogens with zero attached hydrogens (tertiary/aromatic N) is 4. The number of hydrogen-bond acceptors (Lipinski definition) is 6. The summed E-state index contributed by atoms with van der Waals surface area (Å²) in [6, 6.07) is 3.67. The van der Waals surface area contributed by atoms with Gasteiger partial charge < -0.3 is 10.9 Å². The van der Waals surface area contributed by atoms with E-state index in [9.17, 15) is 4.79 Å². The Bertz CT molecular complexity index is 700. The van der Waals surface area contributed by atoms with Gasteiger partial charge in [0.15, 0.2) is 11.0 Å². The van der Waals surface area contributed by atoms with Gasteiger partial charge in [0.25, 0.3) is 0 Å². The first-order valence-corrected chi connectivity index (χ1v) is 6.79. The Hall–Kier alpha value is -2.29. The minimum Gasteiger partial charge on any atom is -0.409 e. The summed E-state index contributed by atoms with van der Waals surface area (Å²) < 4.78 is 1.66. The standard InChI is InChI=1S/C11H12N6O2S/c12-9(16-19)6-1-4-8(13-5-6)20-11-15-14-10(18)17(11)7-2-3-7/h1,4-5,7,19H,2-3H2,(H2,12,16)(H,14,18). The number of nitrogens with one attached hydrogen (secondary N) is 1. The van der Waals surface area contributed by atoms with E-state index in [2.05, 4.69) is 20.3 Å². The van der Waals surface area contributed by atoms with E-state index in [0.29, 0.717) is 15.7 Å². The lowest BCUT2D eigenvalue weighted by atomic mass is 10.3. The topological polar surface area (TPSA) is 122 Å². The second kappa shape index (κ2) is 5.00. The summed E-state index contributed by atoms with van der Waals surface area (Å²) in [6.45, 7) is 0. The van der Waals surface area contributed by atoms with Gasteiger partial charge in [0.05, 0.1) is 0 Å². The molecule has 1 aliphatic rings. The van der Waals surface area contributed by atoms with Crippen molar-refractivity contribution in [2.24, 2.45) is 10.9 Å². The Kier molecular flexibility index (Phi) is 3.18. The number of aromatic nitrogens is 4. The number of oxime groups is 1. The molecule has 0 aromatic carbocycles. The third kappa shape index (κ3) is 2.39. The van der Waals surface area contributed by atoms with Crippen LogP contribution >= 0.6 is 11.8 Å². The average molecular weight is 292 g/mol. The molecule has 3 rings (SSSR count). The number of amidine groups is 1. The highest BCUT2D eigenvalue weighted by atomic mass is 32.2. The number of hydrogen-bond donors (Lipinski definition) is 3. The summed E-state index contributed by atoms with van der Waals surface area (Å²) in [6.07, 6.45) is 3.51. The maximum atomic E-state index is 11.6. The van der Waals surface area contributed by atoms with Crippen LogP contribution in [0, 0.1) is 0 Å². The Labute approximate surface area is 117 Å². The Morgan fingerprint density at radius 2 is 2.35 bits per heavy atom. The zero-order valence-corrected chi connectivity index (χ0v) is 11.2. The van der Waals surface area contributed by atoms with Crippen LogP contribution in [0.2, 0.25) is 0 Å². The van der Waals surface area contributed by atoms with Gasteiger partial charge in [0, 0.05) is 17.8 Å². The van der Waals surface area contributed by atoms with Gasteiger partial charge in [-0.05, 0) is 36.7 Å². The quantitative estimate of drug-likeness (QED) is 0.327. The first-order valence-electron chi connectivity index (χ1n) is 5.97. The predicted molar refractivity (Wildman–Crippen MR) is 72.0 cm³/mol. The van der Waals surface area contributed by atoms with E-state index in [0.717, 1.165) is 12.8 Å². The molecule has 2 aromatic heterocycles. The van der Waals surface area contributed by atoms with Crippen LogP contribution in [0.15, 0.2) is 38.5 Å². The van der Waals surface area contributed by atoms with Crippen molar-refractivity contribution in [2.45, 2.75) is 29.1 Å². The number of pyridine rings is 1. The van der Waals surface area contributed by atoms with E-state index in [1.54, 1.807) is 16.7 Å². The van der Waals surface area contributed by atoms with Crippen LogP contribution in [0.3, 0.4) is 0 Å².